The van der Waals surface area contributed by atoms with Crippen LogP contribution < -0.4 is 0 Å². The third kappa shape index (κ3) is 4.74. The number of ether oxygens (including phenoxy) is 4. The molecule has 8 heteroatoms. The lowest BCUT2D eigenvalue weighted by molar-refractivity contribution is -0.329. The Morgan fingerprint density at radius 2 is 1.71 bits per heavy atom. The number of methoxy groups -OCH3 is 1. The molecule has 6 aliphatic rings. The molecular weight excluding hydrogens is 572 g/mol. The molecule has 3 saturated carbocycles. The number of allylic oxidation sites excluding steroid dienone is 2. The van der Waals surface area contributed by atoms with Gasteiger partial charge in [0.15, 0.2) is 6.29 Å². The van der Waals surface area contributed by atoms with Crippen LogP contribution in [0.3, 0.4) is 0 Å². The van der Waals surface area contributed by atoms with Gasteiger partial charge < -0.3 is 39.4 Å². The van der Waals surface area contributed by atoms with Crippen LogP contribution in [0.2, 0.25) is 0 Å². The topological polar surface area (TPSA) is 118 Å². The summed E-state index contributed by atoms with van der Waals surface area (Å²) < 4.78 is 25.2. The van der Waals surface area contributed by atoms with Crippen molar-refractivity contribution in [2.75, 3.05) is 20.3 Å². The van der Waals surface area contributed by atoms with E-state index in [0.29, 0.717) is 23.7 Å². The summed E-state index contributed by atoms with van der Waals surface area (Å²) in [7, 11) is 1.84. The van der Waals surface area contributed by atoms with Gasteiger partial charge in [-0.2, -0.15) is 0 Å². The molecule has 2 heterocycles. The molecule has 2 saturated heterocycles. The minimum absolute atomic E-state index is 0.0869. The summed E-state index contributed by atoms with van der Waals surface area (Å²) in [6.45, 7) is 16.6. The number of aliphatic hydroxyl groups is 4. The summed E-state index contributed by atoms with van der Waals surface area (Å²) in [5, 5.41) is 41.1. The molecule has 0 unspecified atom stereocenters. The van der Waals surface area contributed by atoms with Gasteiger partial charge in [-0.25, -0.2) is 0 Å². The van der Waals surface area contributed by atoms with Gasteiger partial charge in [0.05, 0.1) is 31.0 Å². The Morgan fingerprint density at radius 1 is 0.978 bits per heavy atom. The molecule has 0 amide bonds. The van der Waals surface area contributed by atoms with Gasteiger partial charge in [-0.1, -0.05) is 58.4 Å². The molecule has 0 aromatic heterocycles. The van der Waals surface area contributed by atoms with Crippen LogP contribution in [0, 0.1) is 45.3 Å². The van der Waals surface area contributed by atoms with E-state index in [4.69, 9.17) is 18.9 Å². The summed E-state index contributed by atoms with van der Waals surface area (Å²) in [6.07, 6.45) is 8.34. The molecule has 45 heavy (non-hydrogen) atoms. The van der Waals surface area contributed by atoms with E-state index in [1.165, 1.54) is 31.3 Å². The molecule has 4 N–H and O–H groups in total. The second kappa shape index (κ2) is 11.6. The molecule has 4 aliphatic carbocycles. The minimum atomic E-state index is -1.46. The van der Waals surface area contributed by atoms with E-state index in [0.717, 1.165) is 25.9 Å². The highest BCUT2D eigenvalue weighted by molar-refractivity contribution is 5.33. The standard InChI is InChI=1S/C37H60O8/c1-21(2)17-23(42-8)18-22(3)24-11-13-35(7)26-12-14-37-27(36(26,20-43-37)16-15-34(24,35)6)9-10-28(33(37,4)5)45-32-31(41)30(40)29(39)25(19-38)44-32/h12,14,17,22-32,38-41H,9-11,13,15-16,18-20H2,1-8H3/t22-,23-,24-,25-,26+,27+,28+,29-,30+,31-,32+,34-,35+,36+,37-/m1/s1. The highest BCUT2D eigenvalue weighted by Gasteiger charge is 2.75. The monoisotopic (exact) mass is 632 g/mol. The summed E-state index contributed by atoms with van der Waals surface area (Å²) >= 11 is 0. The number of rotatable bonds is 8. The van der Waals surface area contributed by atoms with Gasteiger partial charge in [0.25, 0.3) is 0 Å². The van der Waals surface area contributed by atoms with Crippen molar-refractivity contribution >= 4 is 0 Å². The number of hydrogen-bond donors (Lipinski definition) is 4. The molecule has 1 spiro atoms. The Labute approximate surface area is 270 Å². The fourth-order valence-electron chi connectivity index (χ4n) is 11.9. The van der Waals surface area contributed by atoms with Crippen LogP contribution in [-0.2, 0) is 18.9 Å². The molecule has 0 aromatic rings. The molecule has 0 aromatic carbocycles. The predicted octanol–water partition coefficient (Wildman–Crippen LogP) is 4.77. The normalized spacial score (nSPS) is 51.2. The van der Waals surface area contributed by atoms with E-state index in [9.17, 15) is 20.4 Å². The average molecular weight is 633 g/mol. The Hall–Kier alpha value is -0.840. The second-order valence-electron chi connectivity index (χ2n) is 17.0. The van der Waals surface area contributed by atoms with Gasteiger partial charge >= 0.3 is 0 Å². The van der Waals surface area contributed by atoms with E-state index >= 15 is 0 Å². The van der Waals surface area contributed by atoms with Crippen molar-refractivity contribution in [2.24, 2.45) is 45.3 Å². The Balaban J connectivity index is 1.25. The molecule has 8 nitrogen and oxygen atoms in total. The van der Waals surface area contributed by atoms with Crippen LogP contribution in [-0.4, -0.2) is 89.3 Å². The van der Waals surface area contributed by atoms with Crippen molar-refractivity contribution < 1.29 is 39.4 Å². The zero-order chi connectivity index (χ0) is 32.7. The summed E-state index contributed by atoms with van der Waals surface area (Å²) in [6, 6.07) is 0. The zero-order valence-corrected chi connectivity index (χ0v) is 28.9. The molecular formula is C37H60O8. The summed E-state index contributed by atoms with van der Waals surface area (Å²) in [4.78, 5) is 0. The summed E-state index contributed by atoms with van der Waals surface area (Å²) in [5.74, 6) is 2.06. The van der Waals surface area contributed by atoms with Crippen molar-refractivity contribution in [3.05, 3.63) is 23.8 Å². The van der Waals surface area contributed by atoms with E-state index in [-0.39, 0.29) is 28.5 Å². The van der Waals surface area contributed by atoms with Gasteiger partial charge in [0.1, 0.15) is 24.4 Å². The van der Waals surface area contributed by atoms with Gasteiger partial charge in [-0.05, 0) is 87.4 Å². The predicted molar refractivity (Wildman–Crippen MR) is 171 cm³/mol. The highest BCUT2D eigenvalue weighted by atomic mass is 16.7. The minimum Gasteiger partial charge on any atom is -0.394 e. The third-order valence-electron chi connectivity index (χ3n) is 14.6. The van der Waals surface area contributed by atoms with Gasteiger partial charge in [-0.3, -0.25) is 0 Å². The molecule has 5 fully saturated rings. The third-order valence-corrected chi connectivity index (χ3v) is 14.6. The highest BCUT2D eigenvalue weighted by Crippen LogP contribution is 2.77. The summed E-state index contributed by atoms with van der Waals surface area (Å²) in [5.41, 5.74) is 0.902. The van der Waals surface area contributed by atoms with E-state index < -0.39 is 48.3 Å². The zero-order valence-electron chi connectivity index (χ0n) is 28.9. The maximum atomic E-state index is 10.7. The van der Waals surface area contributed by atoms with E-state index in [1.807, 2.05) is 7.11 Å². The molecule has 6 rings (SSSR count). The Morgan fingerprint density at radius 3 is 2.38 bits per heavy atom. The average Bonchev–Trinajstić information content (AvgIpc) is 3.39. The number of aliphatic hydroxyl groups excluding tert-OH is 4. The fraction of sp³-hybridized carbons (Fsp3) is 0.892. The molecule has 0 radical (unpaired) electrons. The first-order valence-corrected chi connectivity index (χ1v) is 17.6. The smallest absolute Gasteiger partial charge is 0.186 e. The molecule has 256 valence electrons. The molecule has 15 atom stereocenters. The first-order valence-electron chi connectivity index (χ1n) is 17.6. The molecule has 2 aliphatic heterocycles. The van der Waals surface area contributed by atoms with E-state index in [2.05, 4.69) is 66.7 Å². The Bertz CT molecular complexity index is 1160. The van der Waals surface area contributed by atoms with Crippen molar-refractivity contribution in [1.82, 2.24) is 0 Å². The van der Waals surface area contributed by atoms with Gasteiger partial charge in [0, 0.05) is 23.9 Å². The number of hydrogen-bond acceptors (Lipinski definition) is 8. The van der Waals surface area contributed by atoms with Crippen molar-refractivity contribution in [3.63, 3.8) is 0 Å². The van der Waals surface area contributed by atoms with Crippen molar-refractivity contribution in [1.29, 1.82) is 0 Å². The Kier molecular flexibility index (Phi) is 8.81. The van der Waals surface area contributed by atoms with Crippen molar-refractivity contribution in [2.45, 2.75) is 142 Å². The quantitative estimate of drug-likeness (QED) is 0.283. The lowest BCUT2D eigenvalue weighted by Gasteiger charge is -2.65. The lowest BCUT2D eigenvalue weighted by Crippen LogP contribution is -2.66. The van der Waals surface area contributed by atoms with E-state index in [1.54, 1.807) is 0 Å². The SMILES string of the molecule is CO[C@H](C=C(C)C)C[C@@H](C)[C@H]1CC[C@@]2(C)[C@@H]3C=C[C@@]45OC[C@]3(CC[C@]12C)[C@@H]4CC[C@H](O[C@@H]1O[C@H](CO)[C@@H](O)[C@H](O)[C@H]1O)C5(C)C. The lowest BCUT2D eigenvalue weighted by atomic mass is 9.38. The van der Waals surface area contributed by atoms with Crippen LogP contribution >= 0.6 is 0 Å². The largest absolute Gasteiger partial charge is 0.394 e. The van der Waals surface area contributed by atoms with Gasteiger partial charge in [-0.15, -0.1) is 0 Å². The molecule has 2 bridgehead atoms. The second-order valence-corrected chi connectivity index (χ2v) is 17.0. The fourth-order valence-corrected chi connectivity index (χ4v) is 11.9. The first-order chi connectivity index (χ1) is 21.1. The maximum Gasteiger partial charge on any atom is 0.186 e. The number of fused-ring (bicyclic) bond motifs is 2. The van der Waals surface area contributed by atoms with Crippen LogP contribution in [0.4, 0.5) is 0 Å². The van der Waals surface area contributed by atoms with Crippen LogP contribution in [0.5, 0.6) is 0 Å². The van der Waals surface area contributed by atoms with Crippen LogP contribution in [0.15, 0.2) is 23.8 Å². The van der Waals surface area contributed by atoms with Crippen LogP contribution in [0.1, 0.15) is 93.4 Å². The maximum absolute atomic E-state index is 10.7. The first kappa shape index (κ1) is 34.0. The van der Waals surface area contributed by atoms with Gasteiger partial charge in [0.2, 0.25) is 0 Å². The van der Waals surface area contributed by atoms with Crippen molar-refractivity contribution in [3.8, 4) is 0 Å². The van der Waals surface area contributed by atoms with Crippen LogP contribution in [0.25, 0.3) is 0 Å².